The molecule has 0 bridgehead atoms. The summed E-state index contributed by atoms with van der Waals surface area (Å²) in [6.45, 7) is 4.11. The van der Waals surface area contributed by atoms with Crippen LogP contribution in [0.3, 0.4) is 0 Å². The van der Waals surface area contributed by atoms with Crippen molar-refractivity contribution >= 4 is 10.8 Å². The second-order valence-corrected chi connectivity index (χ2v) is 5.16. The molecule has 0 fully saturated rings. The summed E-state index contributed by atoms with van der Waals surface area (Å²) in [4.78, 5) is 4.23. The van der Waals surface area contributed by atoms with Crippen molar-refractivity contribution in [2.24, 2.45) is 0 Å². The predicted octanol–water partition coefficient (Wildman–Crippen LogP) is 3.63. The van der Waals surface area contributed by atoms with Crippen molar-refractivity contribution in [3.8, 4) is 11.5 Å². The number of rotatable bonds is 4. The van der Waals surface area contributed by atoms with Crippen LogP contribution in [0.4, 0.5) is 0 Å². The van der Waals surface area contributed by atoms with E-state index in [1.807, 2.05) is 38.1 Å². The zero-order chi connectivity index (χ0) is 14.8. The Balaban J connectivity index is 1.79. The maximum absolute atomic E-state index is 9.99. The Labute approximate surface area is 122 Å². The lowest BCUT2D eigenvalue weighted by Crippen LogP contribution is -1.97. The fraction of sp³-hybridized carbons (Fsp3) is 0.250. The fourth-order valence-corrected chi connectivity index (χ4v) is 2.02. The summed E-state index contributed by atoms with van der Waals surface area (Å²) < 4.78 is 10.7. The van der Waals surface area contributed by atoms with E-state index in [9.17, 15) is 5.11 Å². The Bertz CT molecular complexity index is 765. The molecule has 0 unspecified atom stereocenters. The summed E-state index contributed by atoms with van der Waals surface area (Å²) in [6.07, 6.45) is 0. The lowest BCUT2D eigenvalue weighted by Gasteiger charge is -2.07. The van der Waals surface area contributed by atoms with Gasteiger partial charge in [0.05, 0.1) is 0 Å². The van der Waals surface area contributed by atoms with Gasteiger partial charge in [-0.3, -0.25) is 0 Å². The average molecular weight is 284 g/mol. The Morgan fingerprint density at radius 3 is 2.57 bits per heavy atom. The summed E-state index contributed by atoms with van der Waals surface area (Å²) in [5.41, 5.74) is 0. The van der Waals surface area contributed by atoms with Gasteiger partial charge in [0.1, 0.15) is 0 Å². The summed E-state index contributed by atoms with van der Waals surface area (Å²) in [6, 6.07) is 11.2. The number of phenols is 1. The number of benzene rings is 2. The van der Waals surface area contributed by atoms with Gasteiger partial charge in [0.25, 0.3) is 5.89 Å². The molecule has 3 rings (SSSR count). The molecule has 0 atom stereocenters. The van der Waals surface area contributed by atoms with Crippen LogP contribution in [-0.2, 0) is 6.61 Å². The van der Waals surface area contributed by atoms with Crippen molar-refractivity contribution in [1.29, 1.82) is 0 Å². The zero-order valence-electron chi connectivity index (χ0n) is 11.9. The summed E-state index contributed by atoms with van der Waals surface area (Å²) in [5, 5.41) is 15.8. The molecule has 3 aromatic rings. The van der Waals surface area contributed by atoms with E-state index in [0.29, 0.717) is 17.5 Å². The topological polar surface area (TPSA) is 68.4 Å². The number of aromatic nitrogens is 2. The predicted molar refractivity (Wildman–Crippen MR) is 78.3 cm³/mol. The molecule has 0 aliphatic carbocycles. The molecular weight excluding hydrogens is 268 g/mol. The number of phenolic OH excluding ortho intramolecular Hbond substituents is 1. The van der Waals surface area contributed by atoms with Crippen LogP contribution in [0.5, 0.6) is 11.5 Å². The van der Waals surface area contributed by atoms with Crippen LogP contribution in [0.25, 0.3) is 10.8 Å². The van der Waals surface area contributed by atoms with Crippen LogP contribution in [0.15, 0.2) is 40.9 Å². The molecule has 5 nitrogen and oxygen atoms in total. The zero-order valence-corrected chi connectivity index (χ0v) is 11.9. The third-order valence-corrected chi connectivity index (χ3v) is 3.18. The number of hydrogen-bond acceptors (Lipinski definition) is 5. The van der Waals surface area contributed by atoms with Crippen molar-refractivity contribution in [1.82, 2.24) is 10.1 Å². The first-order chi connectivity index (χ1) is 10.1. The Morgan fingerprint density at radius 1 is 1.19 bits per heavy atom. The number of aromatic hydroxyl groups is 1. The van der Waals surface area contributed by atoms with Gasteiger partial charge in [-0.2, -0.15) is 4.98 Å². The highest BCUT2D eigenvalue weighted by Crippen LogP contribution is 2.31. The molecule has 1 heterocycles. The second-order valence-electron chi connectivity index (χ2n) is 5.16. The van der Waals surface area contributed by atoms with Gasteiger partial charge in [-0.15, -0.1) is 0 Å². The van der Waals surface area contributed by atoms with Crippen LogP contribution in [0, 0.1) is 0 Å². The van der Waals surface area contributed by atoms with Crippen LogP contribution < -0.4 is 4.74 Å². The highest BCUT2D eigenvalue weighted by Gasteiger charge is 2.11. The van der Waals surface area contributed by atoms with Crippen LogP contribution in [0.2, 0.25) is 0 Å². The van der Waals surface area contributed by atoms with Gasteiger partial charge < -0.3 is 14.4 Å². The molecule has 0 saturated carbocycles. The van der Waals surface area contributed by atoms with Crippen molar-refractivity contribution in [3.63, 3.8) is 0 Å². The van der Waals surface area contributed by atoms with E-state index < -0.39 is 0 Å². The highest BCUT2D eigenvalue weighted by molar-refractivity contribution is 5.85. The van der Waals surface area contributed by atoms with E-state index in [1.165, 1.54) is 0 Å². The smallest absolute Gasteiger partial charge is 0.264 e. The van der Waals surface area contributed by atoms with E-state index >= 15 is 0 Å². The van der Waals surface area contributed by atoms with Crippen LogP contribution in [0.1, 0.15) is 31.5 Å². The van der Waals surface area contributed by atoms with Crippen molar-refractivity contribution < 1.29 is 14.4 Å². The maximum atomic E-state index is 9.99. The van der Waals surface area contributed by atoms with Crippen LogP contribution >= 0.6 is 0 Å². The van der Waals surface area contributed by atoms with Gasteiger partial charge in [-0.1, -0.05) is 43.3 Å². The maximum Gasteiger partial charge on any atom is 0.264 e. The van der Waals surface area contributed by atoms with Crippen molar-refractivity contribution in [2.75, 3.05) is 0 Å². The summed E-state index contributed by atoms with van der Waals surface area (Å²) in [5.74, 6) is 1.74. The molecule has 108 valence electrons. The molecule has 0 spiro atoms. The van der Waals surface area contributed by atoms with Crippen LogP contribution in [-0.4, -0.2) is 15.2 Å². The van der Waals surface area contributed by atoms with Crippen molar-refractivity contribution in [2.45, 2.75) is 26.4 Å². The molecular formula is C16H16N2O3. The summed E-state index contributed by atoms with van der Waals surface area (Å²) in [7, 11) is 0. The summed E-state index contributed by atoms with van der Waals surface area (Å²) >= 11 is 0. The first-order valence-corrected chi connectivity index (χ1v) is 6.80. The average Bonchev–Trinajstić information content (AvgIpc) is 2.94. The second kappa shape index (κ2) is 5.44. The quantitative estimate of drug-likeness (QED) is 0.792. The van der Waals surface area contributed by atoms with E-state index in [0.717, 1.165) is 10.8 Å². The Morgan fingerprint density at radius 2 is 1.90 bits per heavy atom. The van der Waals surface area contributed by atoms with Gasteiger partial charge in [-0.25, -0.2) is 0 Å². The molecule has 0 aliphatic heterocycles. The van der Waals surface area contributed by atoms with Gasteiger partial charge >= 0.3 is 0 Å². The fourth-order valence-electron chi connectivity index (χ4n) is 2.02. The van der Waals surface area contributed by atoms with Gasteiger partial charge in [0.2, 0.25) is 0 Å². The third kappa shape index (κ3) is 2.81. The van der Waals surface area contributed by atoms with E-state index in [1.54, 1.807) is 12.1 Å². The number of hydrogen-bond donors (Lipinski definition) is 1. The lowest BCUT2D eigenvalue weighted by atomic mass is 10.1. The normalized spacial score (nSPS) is 11.2. The number of fused-ring (bicyclic) bond motifs is 1. The minimum Gasteiger partial charge on any atom is -0.504 e. The SMILES string of the molecule is CC(C)c1noc(COc2cc3ccccc3cc2O)n1. The monoisotopic (exact) mass is 284 g/mol. The third-order valence-electron chi connectivity index (χ3n) is 3.18. The molecule has 0 aliphatic rings. The Kier molecular flexibility index (Phi) is 3.48. The van der Waals surface area contributed by atoms with E-state index in [2.05, 4.69) is 10.1 Å². The lowest BCUT2D eigenvalue weighted by molar-refractivity contribution is 0.235. The molecule has 1 aromatic heterocycles. The molecule has 0 saturated heterocycles. The number of ether oxygens (including phenoxy) is 1. The molecule has 2 aromatic carbocycles. The molecule has 0 radical (unpaired) electrons. The molecule has 1 N–H and O–H groups in total. The van der Waals surface area contributed by atoms with Gasteiger partial charge in [0, 0.05) is 5.92 Å². The minimum atomic E-state index is 0.0947. The van der Waals surface area contributed by atoms with Crippen molar-refractivity contribution in [3.05, 3.63) is 48.1 Å². The molecule has 21 heavy (non-hydrogen) atoms. The van der Waals surface area contributed by atoms with Gasteiger partial charge in [-0.05, 0) is 22.9 Å². The first-order valence-electron chi connectivity index (χ1n) is 6.80. The van der Waals surface area contributed by atoms with Gasteiger partial charge in [0.15, 0.2) is 23.9 Å². The highest BCUT2D eigenvalue weighted by atomic mass is 16.5. The van der Waals surface area contributed by atoms with E-state index in [4.69, 9.17) is 9.26 Å². The molecule has 5 heteroatoms. The van der Waals surface area contributed by atoms with E-state index in [-0.39, 0.29) is 18.3 Å². The Hall–Kier alpha value is -2.56. The minimum absolute atomic E-state index is 0.0947. The number of nitrogens with zero attached hydrogens (tertiary/aromatic N) is 2. The first kappa shape index (κ1) is 13.4. The largest absolute Gasteiger partial charge is 0.504 e. The standard InChI is InChI=1S/C16H16N2O3/c1-10(2)16-17-15(21-18-16)9-20-14-8-12-6-4-3-5-11(12)7-13(14)19/h3-8,10,19H,9H2,1-2H3. The molecule has 0 amide bonds.